The highest BCUT2D eigenvalue weighted by molar-refractivity contribution is 6.19. The lowest BCUT2D eigenvalue weighted by Gasteiger charge is -2.38. The normalized spacial score (nSPS) is 27.9. The highest BCUT2D eigenvalue weighted by atomic mass is 35.5. The van der Waals surface area contributed by atoms with Gasteiger partial charge in [-0.2, -0.15) is 0 Å². The molecule has 1 aliphatic rings. The van der Waals surface area contributed by atoms with E-state index in [4.69, 9.17) is 11.6 Å². The maximum atomic E-state index is 12.1. The van der Waals surface area contributed by atoms with E-state index in [-0.39, 0.29) is 12.0 Å². The summed E-state index contributed by atoms with van der Waals surface area (Å²) in [4.78, 5) is 13.8. The Morgan fingerprint density at radius 3 is 2.60 bits per heavy atom. The predicted molar refractivity (Wildman–Crippen MR) is 60.9 cm³/mol. The van der Waals surface area contributed by atoms with Crippen molar-refractivity contribution in [3.05, 3.63) is 0 Å². The van der Waals surface area contributed by atoms with Gasteiger partial charge in [-0.1, -0.05) is 6.92 Å². The lowest BCUT2D eigenvalue weighted by Crippen LogP contribution is -2.50. The fraction of sp³-hybridized carbons (Fsp3) is 0.909. The zero-order chi connectivity index (χ0) is 11.6. The number of hydrogen-bond acceptors (Lipinski definition) is 2. The van der Waals surface area contributed by atoms with Crippen LogP contribution < -0.4 is 0 Å². The van der Waals surface area contributed by atoms with Gasteiger partial charge < -0.3 is 10.0 Å². The molecule has 0 aromatic carbocycles. The van der Waals surface area contributed by atoms with Gasteiger partial charge in [-0.05, 0) is 26.2 Å². The van der Waals surface area contributed by atoms with Gasteiger partial charge in [0.05, 0.1) is 11.5 Å². The van der Waals surface area contributed by atoms with Crippen LogP contribution in [0.3, 0.4) is 0 Å². The minimum Gasteiger partial charge on any atom is -0.391 e. The first-order chi connectivity index (χ1) is 6.86. The zero-order valence-corrected chi connectivity index (χ0v) is 10.4. The number of hydrogen-bond donors (Lipinski definition) is 1. The van der Waals surface area contributed by atoms with E-state index in [1.165, 1.54) is 0 Å². The molecule has 2 atom stereocenters. The Morgan fingerprint density at radius 2 is 2.13 bits per heavy atom. The number of rotatable bonds is 2. The van der Waals surface area contributed by atoms with Crippen molar-refractivity contribution in [1.82, 2.24) is 4.90 Å². The summed E-state index contributed by atoms with van der Waals surface area (Å²) in [5.41, 5.74) is -0.529. The number of piperidine rings is 1. The van der Waals surface area contributed by atoms with Crippen LogP contribution in [0.5, 0.6) is 0 Å². The molecule has 1 rings (SSSR count). The Morgan fingerprint density at radius 1 is 1.53 bits per heavy atom. The summed E-state index contributed by atoms with van der Waals surface area (Å²) in [7, 11) is 0. The van der Waals surface area contributed by atoms with E-state index in [0.717, 1.165) is 13.0 Å². The maximum Gasteiger partial charge on any atom is 0.229 e. The van der Waals surface area contributed by atoms with E-state index in [2.05, 4.69) is 6.92 Å². The van der Waals surface area contributed by atoms with E-state index >= 15 is 0 Å². The predicted octanol–water partition coefficient (Wildman–Crippen LogP) is 1.48. The third-order valence-corrected chi connectivity index (χ3v) is 3.51. The quantitative estimate of drug-likeness (QED) is 0.734. The van der Waals surface area contributed by atoms with Crippen molar-refractivity contribution >= 4 is 17.5 Å². The molecule has 1 aliphatic heterocycles. The second-order valence-corrected chi connectivity index (χ2v) is 5.49. The summed E-state index contributed by atoms with van der Waals surface area (Å²) in [5.74, 6) is 0.722. The van der Waals surface area contributed by atoms with Gasteiger partial charge in [-0.25, -0.2) is 0 Å². The standard InChI is InChI=1S/C11H20ClNO2/c1-8-4-9(14)6-13(5-8)10(15)11(2,3)7-12/h8-9,14H,4-7H2,1-3H3/t8-,9+/m1/s1. The molecular weight excluding hydrogens is 214 g/mol. The molecule has 0 aromatic heterocycles. The van der Waals surface area contributed by atoms with Crippen LogP contribution in [0, 0.1) is 11.3 Å². The van der Waals surface area contributed by atoms with E-state index in [9.17, 15) is 9.90 Å². The average Bonchev–Trinajstić information content (AvgIpc) is 2.15. The van der Waals surface area contributed by atoms with E-state index in [0.29, 0.717) is 18.3 Å². The fourth-order valence-corrected chi connectivity index (χ4v) is 2.08. The molecule has 0 saturated carbocycles. The molecule has 1 saturated heterocycles. The Kier molecular flexibility index (Phi) is 4.01. The third kappa shape index (κ3) is 3.08. The first-order valence-electron chi connectivity index (χ1n) is 5.40. The molecule has 0 aliphatic carbocycles. The SMILES string of the molecule is C[C@@H]1C[C@H](O)CN(C(=O)C(C)(C)CCl)C1. The van der Waals surface area contributed by atoms with Gasteiger partial charge >= 0.3 is 0 Å². The number of nitrogens with zero attached hydrogens (tertiary/aromatic N) is 1. The van der Waals surface area contributed by atoms with Crippen LogP contribution in [0.4, 0.5) is 0 Å². The second kappa shape index (κ2) is 4.71. The second-order valence-electron chi connectivity index (χ2n) is 5.22. The number of carbonyl (C=O) groups excluding carboxylic acids is 1. The van der Waals surface area contributed by atoms with Crippen LogP contribution in [0.25, 0.3) is 0 Å². The molecule has 1 heterocycles. The lowest BCUT2D eigenvalue weighted by atomic mass is 9.91. The van der Waals surface area contributed by atoms with Crippen LogP contribution in [0.2, 0.25) is 0 Å². The molecule has 1 fully saturated rings. The number of aliphatic hydroxyl groups is 1. The molecule has 0 unspecified atom stereocenters. The third-order valence-electron chi connectivity index (χ3n) is 2.84. The zero-order valence-electron chi connectivity index (χ0n) is 9.66. The smallest absolute Gasteiger partial charge is 0.229 e. The number of carbonyl (C=O) groups is 1. The molecular formula is C11H20ClNO2. The number of alkyl halides is 1. The van der Waals surface area contributed by atoms with Crippen molar-refractivity contribution < 1.29 is 9.90 Å². The van der Waals surface area contributed by atoms with Gasteiger partial charge in [0, 0.05) is 19.0 Å². The van der Waals surface area contributed by atoms with Gasteiger partial charge in [0.25, 0.3) is 0 Å². The molecule has 0 aromatic rings. The summed E-state index contributed by atoms with van der Waals surface area (Å²) in [6.07, 6.45) is 0.397. The van der Waals surface area contributed by atoms with Crippen molar-refractivity contribution in [2.24, 2.45) is 11.3 Å². The summed E-state index contributed by atoms with van der Waals surface area (Å²) in [5, 5.41) is 9.61. The Labute approximate surface area is 96.4 Å². The highest BCUT2D eigenvalue weighted by Crippen LogP contribution is 2.25. The topological polar surface area (TPSA) is 40.5 Å². The van der Waals surface area contributed by atoms with Crippen LogP contribution in [0.1, 0.15) is 27.2 Å². The van der Waals surface area contributed by atoms with E-state index in [1.54, 1.807) is 4.90 Å². The fourth-order valence-electron chi connectivity index (χ4n) is 1.97. The Hall–Kier alpha value is -0.280. The van der Waals surface area contributed by atoms with E-state index < -0.39 is 5.41 Å². The Balaban J connectivity index is 2.67. The molecule has 1 amide bonds. The molecule has 4 heteroatoms. The van der Waals surface area contributed by atoms with Crippen molar-refractivity contribution in [2.75, 3.05) is 19.0 Å². The van der Waals surface area contributed by atoms with Crippen LogP contribution in [-0.4, -0.2) is 41.0 Å². The number of likely N-dealkylation sites (tertiary alicyclic amines) is 1. The van der Waals surface area contributed by atoms with Gasteiger partial charge in [0.2, 0.25) is 5.91 Å². The first kappa shape index (κ1) is 12.8. The van der Waals surface area contributed by atoms with Crippen LogP contribution in [0.15, 0.2) is 0 Å². The van der Waals surface area contributed by atoms with E-state index in [1.807, 2.05) is 13.8 Å². The van der Waals surface area contributed by atoms with Crippen molar-refractivity contribution in [1.29, 1.82) is 0 Å². The molecule has 1 N–H and O–H groups in total. The number of aliphatic hydroxyl groups excluding tert-OH is 1. The molecule has 0 radical (unpaired) electrons. The lowest BCUT2D eigenvalue weighted by molar-refractivity contribution is -0.143. The van der Waals surface area contributed by atoms with Crippen LogP contribution in [-0.2, 0) is 4.79 Å². The molecule has 0 bridgehead atoms. The van der Waals surface area contributed by atoms with Gasteiger partial charge in [-0.3, -0.25) is 4.79 Å². The molecule has 3 nitrogen and oxygen atoms in total. The van der Waals surface area contributed by atoms with Gasteiger partial charge in [0.15, 0.2) is 0 Å². The number of β-amino-alcohol motifs (C(OH)–C–C–N with tert-alkyl or cyclic N) is 1. The van der Waals surface area contributed by atoms with Crippen molar-refractivity contribution in [3.8, 4) is 0 Å². The van der Waals surface area contributed by atoms with Crippen molar-refractivity contribution in [3.63, 3.8) is 0 Å². The minimum absolute atomic E-state index is 0.0445. The van der Waals surface area contributed by atoms with Crippen LogP contribution >= 0.6 is 11.6 Å². The molecule has 88 valence electrons. The van der Waals surface area contributed by atoms with Gasteiger partial charge in [0.1, 0.15) is 0 Å². The highest BCUT2D eigenvalue weighted by Gasteiger charge is 2.35. The number of amides is 1. The molecule has 0 spiro atoms. The molecule has 15 heavy (non-hydrogen) atoms. The minimum atomic E-state index is -0.529. The monoisotopic (exact) mass is 233 g/mol. The summed E-state index contributed by atoms with van der Waals surface area (Å²) in [6.45, 7) is 6.91. The van der Waals surface area contributed by atoms with Gasteiger partial charge in [-0.15, -0.1) is 11.6 Å². The summed E-state index contributed by atoms with van der Waals surface area (Å²) in [6, 6.07) is 0. The van der Waals surface area contributed by atoms with Crippen molar-refractivity contribution in [2.45, 2.75) is 33.3 Å². The first-order valence-corrected chi connectivity index (χ1v) is 5.93. The average molecular weight is 234 g/mol. The maximum absolute atomic E-state index is 12.1. The summed E-state index contributed by atoms with van der Waals surface area (Å²) < 4.78 is 0. The Bertz CT molecular complexity index is 233. The number of halogens is 1. The summed E-state index contributed by atoms with van der Waals surface area (Å²) >= 11 is 5.77. The largest absolute Gasteiger partial charge is 0.391 e.